The second-order valence-corrected chi connectivity index (χ2v) is 7.10. The highest BCUT2D eigenvalue weighted by molar-refractivity contribution is 6.57. The van der Waals surface area contributed by atoms with Crippen LogP contribution in [-0.4, -0.2) is 74.1 Å². The van der Waals surface area contributed by atoms with Gasteiger partial charge in [-0.15, -0.1) is 0 Å². The van der Waals surface area contributed by atoms with Crippen LogP contribution in [0.2, 0.25) is 0 Å². The Morgan fingerprint density at radius 3 is 2.10 bits per heavy atom. The van der Waals surface area contributed by atoms with Gasteiger partial charge in [0.15, 0.2) is 0 Å². The zero-order valence-electron chi connectivity index (χ0n) is 13.2. The predicted octanol–water partition coefficient (Wildman–Crippen LogP) is 0.226. The molecule has 0 rings (SSSR count). The SMILES string of the molecule is CCCN(CCNCCC(=O)OC)[Si](OC)(OC)OC. The second kappa shape index (κ2) is 11.2. The van der Waals surface area contributed by atoms with E-state index in [2.05, 4.69) is 21.5 Å². The van der Waals surface area contributed by atoms with Gasteiger partial charge >= 0.3 is 14.9 Å². The van der Waals surface area contributed by atoms with Crippen LogP contribution in [0.1, 0.15) is 19.8 Å². The molecule has 0 saturated heterocycles. The summed E-state index contributed by atoms with van der Waals surface area (Å²) in [5, 5.41) is 3.20. The van der Waals surface area contributed by atoms with Gasteiger partial charge in [0.1, 0.15) is 0 Å². The van der Waals surface area contributed by atoms with Crippen molar-refractivity contribution < 1.29 is 22.8 Å². The van der Waals surface area contributed by atoms with E-state index in [0.29, 0.717) is 13.0 Å². The highest BCUT2D eigenvalue weighted by atomic mass is 28.4. The summed E-state index contributed by atoms with van der Waals surface area (Å²) in [6.07, 6.45) is 1.35. The number of nitrogens with zero attached hydrogens (tertiary/aromatic N) is 1. The molecule has 20 heavy (non-hydrogen) atoms. The fourth-order valence-electron chi connectivity index (χ4n) is 1.92. The number of carbonyl (C=O) groups excluding carboxylic acids is 1. The Bertz CT molecular complexity index is 256. The summed E-state index contributed by atoms with van der Waals surface area (Å²) < 4.78 is 23.1. The van der Waals surface area contributed by atoms with Crippen molar-refractivity contribution in [2.24, 2.45) is 0 Å². The molecule has 0 amide bonds. The minimum absolute atomic E-state index is 0.211. The van der Waals surface area contributed by atoms with Gasteiger partial charge in [0.25, 0.3) is 0 Å². The van der Waals surface area contributed by atoms with Crippen LogP contribution in [0.5, 0.6) is 0 Å². The third-order valence-electron chi connectivity index (χ3n) is 2.95. The number of methoxy groups -OCH3 is 1. The summed E-state index contributed by atoms with van der Waals surface area (Å²) in [6.45, 7) is 4.98. The first-order valence-corrected chi connectivity index (χ1v) is 8.45. The molecule has 0 aliphatic carbocycles. The monoisotopic (exact) mass is 308 g/mol. The minimum atomic E-state index is -2.75. The molecule has 1 N–H and O–H groups in total. The lowest BCUT2D eigenvalue weighted by molar-refractivity contribution is -0.140. The molecular formula is C12H28N2O5Si. The van der Waals surface area contributed by atoms with Crippen molar-refractivity contribution in [3.8, 4) is 0 Å². The molecule has 0 unspecified atom stereocenters. The van der Waals surface area contributed by atoms with Crippen molar-refractivity contribution in [1.29, 1.82) is 0 Å². The summed E-state index contributed by atoms with van der Waals surface area (Å²) >= 11 is 0. The van der Waals surface area contributed by atoms with Crippen molar-refractivity contribution in [3.63, 3.8) is 0 Å². The summed E-state index contributed by atoms with van der Waals surface area (Å²) in [5.74, 6) is -0.211. The van der Waals surface area contributed by atoms with Gasteiger partial charge in [-0.2, -0.15) is 0 Å². The molecule has 0 fully saturated rings. The largest absolute Gasteiger partial charge is 0.598 e. The van der Waals surface area contributed by atoms with Gasteiger partial charge in [-0.25, -0.2) is 0 Å². The van der Waals surface area contributed by atoms with Gasteiger partial charge in [-0.1, -0.05) is 6.92 Å². The van der Waals surface area contributed by atoms with Gasteiger partial charge in [0.2, 0.25) is 0 Å². The molecule has 0 aliphatic rings. The predicted molar refractivity (Wildman–Crippen MR) is 78.1 cm³/mol. The number of hydrogen-bond acceptors (Lipinski definition) is 7. The minimum Gasteiger partial charge on any atom is -0.469 e. The van der Waals surface area contributed by atoms with E-state index in [9.17, 15) is 4.79 Å². The van der Waals surface area contributed by atoms with Gasteiger partial charge in [0, 0.05) is 41.0 Å². The quantitative estimate of drug-likeness (QED) is 0.314. The van der Waals surface area contributed by atoms with E-state index in [1.165, 1.54) is 7.11 Å². The van der Waals surface area contributed by atoms with Crippen LogP contribution < -0.4 is 5.32 Å². The lowest BCUT2D eigenvalue weighted by Crippen LogP contribution is -2.61. The van der Waals surface area contributed by atoms with Crippen molar-refractivity contribution in [3.05, 3.63) is 0 Å². The van der Waals surface area contributed by atoms with Gasteiger partial charge in [-0.05, 0) is 13.0 Å². The lowest BCUT2D eigenvalue weighted by Gasteiger charge is -2.35. The Morgan fingerprint density at radius 1 is 1.05 bits per heavy atom. The summed E-state index contributed by atoms with van der Waals surface area (Å²) in [7, 11) is 3.45. The van der Waals surface area contributed by atoms with E-state index >= 15 is 0 Å². The maximum Gasteiger partial charge on any atom is 0.598 e. The molecule has 0 spiro atoms. The van der Waals surface area contributed by atoms with Crippen LogP contribution in [0.4, 0.5) is 0 Å². The average molecular weight is 308 g/mol. The molecule has 0 aliphatic heterocycles. The van der Waals surface area contributed by atoms with Crippen LogP contribution >= 0.6 is 0 Å². The van der Waals surface area contributed by atoms with Crippen LogP contribution in [-0.2, 0) is 22.8 Å². The Kier molecular flexibility index (Phi) is 10.9. The second-order valence-electron chi connectivity index (χ2n) is 4.20. The van der Waals surface area contributed by atoms with Crippen molar-refractivity contribution in [2.45, 2.75) is 19.8 Å². The number of rotatable bonds is 12. The van der Waals surface area contributed by atoms with Crippen LogP contribution in [0, 0.1) is 0 Å². The topological polar surface area (TPSA) is 69.3 Å². The summed E-state index contributed by atoms with van der Waals surface area (Å²) in [6, 6.07) is 0. The van der Waals surface area contributed by atoms with E-state index in [0.717, 1.165) is 26.1 Å². The average Bonchev–Trinajstić information content (AvgIpc) is 2.48. The fraction of sp³-hybridized carbons (Fsp3) is 0.917. The first kappa shape index (κ1) is 19.5. The first-order valence-electron chi connectivity index (χ1n) is 6.78. The first-order chi connectivity index (χ1) is 9.60. The Labute approximate surface area is 123 Å². The molecule has 0 saturated carbocycles. The molecule has 0 bridgehead atoms. The number of ether oxygens (including phenoxy) is 1. The molecule has 0 radical (unpaired) electrons. The zero-order chi connectivity index (χ0) is 15.4. The van der Waals surface area contributed by atoms with Crippen molar-refractivity contribution >= 4 is 14.9 Å². The highest BCUT2D eigenvalue weighted by Gasteiger charge is 2.45. The maximum atomic E-state index is 11.0. The van der Waals surface area contributed by atoms with E-state index in [-0.39, 0.29) is 5.97 Å². The van der Waals surface area contributed by atoms with Gasteiger partial charge < -0.3 is 23.3 Å². The fourth-order valence-corrected chi connectivity index (χ4v) is 4.08. The van der Waals surface area contributed by atoms with E-state index < -0.39 is 8.97 Å². The van der Waals surface area contributed by atoms with E-state index in [1.807, 2.05) is 0 Å². The van der Waals surface area contributed by atoms with Crippen molar-refractivity contribution in [1.82, 2.24) is 9.88 Å². The number of hydrogen-bond donors (Lipinski definition) is 1. The normalized spacial score (nSPS) is 11.9. The van der Waals surface area contributed by atoms with Gasteiger partial charge in [0.05, 0.1) is 13.5 Å². The van der Waals surface area contributed by atoms with Crippen molar-refractivity contribution in [2.75, 3.05) is 54.6 Å². The third kappa shape index (κ3) is 6.29. The van der Waals surface area contributed by atoms with Crippen LogP contribution in [0.15, 0.2) is 0 Å². The Morgan fingerprint density at radius 2 is 1.65 bits per heavy atom. The summed E-state index contributed by atoms with van der Waals surface area (Å²) in [5.41, 5.74) is 0. The standard InChI is InChI=1S/C12H28N2O5Si/c1-6-10-14(20(17-3,18-4)19-5)11-9-13-8-7-12(15)16-2/h13H,6-11H2,1-5H3. The molecule has 0 aromatic carbocycles. The summed E-state index contributed by atoms with van der Waals surface area (Å²) in [4.78, 5) is 11.0. The van der Waals surface area contributed by atoms with E-state index in [4.69, 9.17) is 13.3 Å². The maximum absolute atomic E-state index is 11.0. The number of esters is 1. The zero-order valence-corrected chi connectivity index (χ0v) is 14.2. The Balaban J connectivity index is 4.23. The molecule has 7 nitrogen and oxygen atoms in total. The van der Waals surface area contributed by atoms with E-state index in [1.54, 1.807) is 21.3 Å². The smallest absolute Gasteiger partial charge is 0.469 e. The van der Waals surface area contributed by atoms with Crippen LogP contribution in [0.25, 0.3) is 0 Å². The molecular weight excluding hydrogens is 280 g/mol. The molecule has 0 heterocycles. The molecule has 0 atom stereocenters. The highest BCUT2D eigenvalue weighted by Crippen LogP contribution is 2.13. The Hall–Kier alpha value is -0.513. The number of nitrogens with one attached hydrogen (secondary N) is 1. The molecule has 0 aromatic heterocycles. The van der Waals surface area contributed by atoms with Gasteiger partial charge in [-0.3, -0.25) is 9.36 Å². The third-order valence-corrected chi connectivity index (χ3v) is 5.72. The lowest BCUT2D eigenvalue weighted by atomic mass is 10.4. The number of carbonyl (C=O) groups is 1. The molecule has 0 aromatic rings. The van der Waals surface area contributed by atoms with Crippen LogP contribution in [0.3, 0.4) is 0 Å². The molecule has 8 heteroatoms. The molecule has 120 valence electrons.